The Labute approximate surface area is 145 Å². The number of amides is 1. The average molecular weight is 376 g/mol. The Morgan fingerprint density at radius 3 is 2.52 bits per heavy atom. The van der Waals surface area contributed by atoms with Crippen LogP contribution in [0.15, 0.2) is 30.3 Å². The van der Waals surface area contributed by atoms with Crippen LogP contribution in [0.2, 0.25) is 5.28 Å². The number of carbonyl (C=O) groups is 1. The van der Waals surface area contributed by atoms with Gasteiger partial charge in [0.25, 0.3) is 5.91 Å². The van der Waals surface area contributed by atoms with E-state index in [0.717, 1.165) is 12.1 Å². The molecular weight excluding hydrogens is 363 g/mol. The maximum Gasteiger partial charge on any atom is 0.573 e. The van der Waals surface area contributed by atoms with Gasteiger partial charge in [-0.2, -0.15) is 0 Å². The number of benzene rings is 1. The van der Waals surface area contributed by atoms with Crippen molar-refractivity contribution in [1.82, 2.24) is 15.3 Å². The molecule has 2 aromatic rings. The zero-order chi connectivity index (χ0) is 18.6. The first-order chi connectivity index (χ1) is 11.7. The van der Waals surface area contributed by atoms with E-state index in [1.54, 1.807) is 6.92 Å². The van der Waals surface area contributed by atoms with E-state index >= 15 is 0 Å². The second-order valence-electron chi connectivity index (χ2n) is 5.04. The van der Waals surface area contributed by atoms with E-state index in [1.807, 2.05) is 0 Å². The Hall–Kier alpha value is -2.39. The van der Waals surface area contributed by atoms with Gasteiger partial charge in [0.05, 0.1) is 12.3 Å². The first-order valence-electron chi connectivity index (χ1n) is 7.00. The number of nitrogens with zero attached hydrogens (tertiary/aromatic N) is 2. The molecule has 0 aliphatic rings. The van der Waals surface area contributed by atoms with Gasteiger partial charge >= 0.3 is 6.36 Å². The zero-order valence-corrected chi connectivity index (χ0v) is 13.6. The van der Waals surface area contributed by atoms with Crippen molar-refractivity contribution in [2.75, 3.05) is 6.61 Å². The second kappa shape index (κ2) is 7.66. The Balaban J connectivity index is 2.26. The first-order valence-corrected chi connectivity index (χ1v) is 7.38. The molecule has 1 amide bonds. The van der Waals surface area contributed by atoms with Gasteiger partial charge in [-0.05, 0) is 48.9 Å². The molecule has 1 atom stereocenters. The lowest BCUT2D eigenvalue weighted by atomic mass is 10.1. The average Bonchev–Trinajstić information content (AvgIpc) is 2.53. The summed E-state index contributed by atoms with van der Waals surface area (Å²) in [6.07, 6.45) is -4.78. The van der Waals surface area contributed by atoms with Gasteiger partial charge in [-0.1, -0.05) is 0 Å². The number of rotatable bonds is 5. The fourth-order valence-electron chi connectivity index (χ4n) is 1.85. The number of hydrogen-bond donors (Lipinski definition) is 2. The SMILES string of the molecule is C[C@@H](CO)NC(=O)c1cc(-c2ccc(OC(F)(F)F)cc2)nc(Cl)n1. The highest BCUT2D eigenvalue weighted by molar-refractivity contribution is 6.28. The van der Waals surface area contributed by atoms with Crippen LogP contribution < -0.4 is 10.1 Å². The molecule has 1 aromatic carbocycles. The number of aliphatic hydroxyl groups excluding tert-OH is 1. The van der Waals surface area contributed by atoms with Crippen molar-refractivity contribution in [3.05, 3.63) is 41.3 Å². The molecule has 2 N–H and O–H groups in total. The molecule has 2 rings (SSSR count). The van der Waals surface area contributed by atoms with Gasteiger partial charge in [0.15, 0.2) is 0 Å². The van der Waals surface area contributed by atoms with Crippen molar-refractivity contribution in [1.29, 1.82) is 0 Å². The number of alkyl halides is 3. The van der Waals surface area contributed by atoms with Crippen LogP contribution in [0.25, 0.3) is 11.3 Å². The molecule has 0 spiro atoms. The van der Waals surface area contributed by atoms with Crippen LogP contribution in [0.3, 0.4) is 0 Å². The highest BCUT2D eigenvalue weighted by Gasteiger charge is 2.31. The number of carbonyl (C=O) groups excluding carboxylic acids is 1. The summed E-state index contributed by atoms with van der Waals surface area (Å²) in [5, 5.41) is 11.3. The molecule has 1 aromatic heterocycles. The lowest BCUT2D eigenvalue weighted by Gasteiger charge is -2.11. The van der Waals surface area contributed by atoms with Crippen molar-refractivity contribution >= 4 is 17.5 Å². The third-order valence-corrected chi connectivity index (χ3v) is 3.14. The minimum absolute atomic E-state index is 0.0362. The summed E-state index contributed by atoms with van der Waals surface area (Å²) >= 11 is 5.81. The molecule has 1 heterocycles. The molecular formula is C15H13ClF3N3O3. The van der Waals surface area contributed by atoms with Gasteiger partial charge in [0.1, 0.15) is 11.4 Å². The third kappa shape index (κ3) is 5.57. The summed E-state index contributed by atoms with van der Waals surface area (Å²) in [4.78, 5) is 19.8. The Kier molecular flexibility index (Phi) is 5.81. The first kappa shape index (κ1) is 18.9. The summed E-state index contributed by atoms with van der Waals surface area (Å²) in [6, 6.07) is 5.78. The topological polar surface area (TPSA) is 84.3 Å². The van der Waals surface area contributed by atoms with E-state index in [1.165, 1.54) is 18.2 Å². The normalized spacial score (nSPS) is 12.6. The van der Waals surface area contributed by atoms with Crippen LogP contribution in [0, 0.1) is 0 Å². The Bertz CT molecular complexity index is 754. The standard InChI is InChI=1S/C15H13ClF3N3O3/c1-8(7-23)20-13(24)12-6-11(21-14(16)22-12)9-2-4-10(5-3-9)25-15(17,18)19/h2-6,8,23H,7H2,1H3,(H,20,24)/t8-/m0/s1. The lowest BCUT2D eigenvalue weighted by molar-refractivity contribution is -0.274. The third-order valence-electron chi connectivity index (χ3n) is 2.97. The molecule has 0 unspecified atom stereocenters. The maximum absolute atomic E-state index is 12.2. The van der Waals surface area contributed by atoms with Crippen molar-refractivity contribution in [2.45, 2.75) is 19.3 Å². The molecule has 0 bridgehead atoms. The van der Waals surface area contributed by atoms with Crippen LogP contribution >= 0.6 is 11.6 Å². The van der Waals surface area contributed by atoms with Gasteiger partial charge in [-0.3, -0.25) is 4.79 Å². The maximum atomic E-state index is 12.2. The quantitative estimate of drug-likeness (QED) is 0.785. The number of nitrogens with one attached hydrogen (secondary N) is 1. The van der Waals surface area contributed by atoms with Crippen LogP contribution in [0.5, 0.6) is 5.75 Å². The molecule has 134 valence electrons. The van der Waals surface area contributed by atoms with E-state index in [9.17, 15) is 18.0 Å². The number of aliphatic hydroxyl groups is 1. The van der Waals surface area contributed by atoms with E-state index in [4.69, 9.17) is 16.7 Å². The van der Waals surface area contributed by atoms with Crippen LogP contribution in [0.1, 0.15) is 17.4 Å². The van der Waals surface area contributed by atoms with Crippen LogP contribution in [-0.4, -0.2) is 40.0 Å². The minimum atomic E-state index is -4.78. The highest BCUT2D eigenvalue weighted by Crippen LogP contribution is 2.26. The Morgan fingerprint density at radius 2 is 1.96 bits per heavy atom. The van der Waals surface area contributed by atoms with Crippen LogP contribution in [0.4, 0.5) is 13.2 Å². The van der Waals surface area contributed by atoms with E-state index in [-0.39, 0.29) is 29.0 Å². The summed E-state index contributed by atoms with van der Waals surface area (Å²) in [6.45, 7) is 1.35. The van der Waals surface area contributed by atoms with Crippen molar-refractivity contribution in [3.63, 3.8) is 0 Å². The van der Waals surface area contributed by atoms with Gasteiger partial charge in [0, 0.05) is 11.6 Å². The predicted octanol–water partition coefficient (Wildman–Crippen LogP) is 2.81. The van der Waals surface area contributed by atoms with Crippen molar-refractivity contribution in [3.8, 4) is 17.0 Å². The van der Waals surface area contributed by atoms with E-state index in [2.05, 4.69) is 20.0 Å². The lowest BCUT2D eigenvalue weighted by Crippen LogP contribution is -2.35. The van der Waals surface area contributed by atoms with Gasteiger partial charge in [-0.15, -0.1) is 13.2 Å². The van der Waals surface area contributed by atoms with Gasteiger partial charge in [0.2, 0.25) is 5.28 Å². The second-order valence-corrected chi connectivity index (χ2v) is 5.37. The smallest absolute Gasteiger partial charge is 0.406 e. The summed E-state index contributed by atoms with van der Waals surface area (Å²) < 4.78 is 40.3. The fourth-order valence-corrected chi connectivity index (χ4v) is 2.03. The van der Waals surface area contributed by atoms with E-state index in [0.29, 0.717) is 5.56 Å². The summed E-state index contributed by atoms with van der Waals surface area (Å²) in [7, 11) is 0. The summed E-state index contributed by atoms with van der Waals surface area (Å²) in [5.41, 5.74) is 0.634. The van der Waals surface area contributed by atoms with Gasteiger partial charge < -0.3 is 15.2 Å². The minimum Gasteiger partial charge on any atom is -0.406 e. The number of halogens is 4. The Morgan fingerprint density at radius 1 is 1.32 bits per heavy atom. The molecule has 0 saturated heterocycles. The monoisotopic (exact) mass is 375 g/mol. The summed E-state index contributed by atoms with van der Waals surface area (Å²) in [5.74, 6) is -0.949. The van der Waals surface area contributed by atoms with Gasteiger partial charge in [-0.25, -0.2) is 9.97 Å². The molecule has 0 fully saturated rings. The molecule has 6 nitrogen and oxygen atoms in total. The highest BCUT2D eigenvalue weighted by atomic mass is 35.5. The molecule has 10 heteroatoms. The predicted molar refractivity (Wildman–Crippen MR) is 83.2 cm³/mol. The van der Waals surface area contributed by atoms with Crippen LogP contribution in [-0.2, 0) is 0 Å². The largest absolute Gasteiger partial charge is 0.573 e. The van der Waals surface area contributed by atoms with Crippen molar-refractivity contribution in [2.24, 2.45) is 0 Å². The fraction of sp³-hybridized carbons (Fsp3) is 0.267. The molecule has 0 saturated carbocycles. The molecule has 0 aliphatic carbocycles. The number of hydrogen-bond acceptors (Lipinski definition) is 5. The number of aromatic nitrogens is 2. The molecule has 25 heavy (non-hydrogen) atoms. The van der Waals surface area contributed by atoms with Crippen molar-refractivity contribution < 1.29 is 27.8 Å². The number of ether oxygens (including phenoxy) is 1. The zero-order valence-electron chi connectivity index (χ0n) is 12.8. The van der Waals surface area contributed by atoms with E-state index < -0.39 is 18.3 Å². The molecule has 0 aliphatic heterocycles. The molecule has 0 radical (unpaired) electrons.